The van der Waals surface area contributed by atoms with Crippen molar-refractivity contribution in [2.45, 2.75) is 25.0 Å². The predicted molar refractivity (Wildman–Crippen MR) is 54.3 cm³/mol. The molecule has 0 saturated carbocycles. The van der Waals surface area contributed by atoms with Crippen molar-refractivity contribution in [3.05, 3.63) is 0 Å². The molecule has 0 radical (unpaired) electrons. The van der Waals surface area contributed by atoms with Crippen LogP contribution in [0.3, 0.4) is 0 Å². The zero-order valence-corrected chi connectivity index (χ0v) is 8.61. The van der Waals surface area contributed by atoms with E-state index in [1.54, 1.807) is 0 Å². The third-order valence-corrected chi connectivity index (χ3v) is 3.20. The molecular formula is C10H20N2O2. The second kappa shape index (κ2) is 5.07. The molecule has 2 atom stereocenters. The summed E-state index contributed by atoms with van der Waals surface area (Å²) in [5.41, 5.74) is 0. The molecule has 2 N–H and O–H groups in total. The second-order valence-electron chi connectivity index (χ2n) is 4.09. The van der Waals surface area contributed by atoms with Crippen molar-refractivity contribution in [3.63, 3.8) is 0 Å². The van der Waals surface area contributed by atoms with Gasteiger partial charge < -0.3 is 15.2 Å². The van der Waals surface area contributed by atoms with Crippen LogP contribution in [0.15, 0.2) is 0 Å². The molecular weight excluding hydrogens is 180 g/mol. The molecule has 2 unspecified atom stereocenters. The van der Waals surface area contributed by atoms with Crippen LogP contribution in [0.1, 0.15) is 12.8 Å². The predicted octanol–water partition coefficient (Wildman–Crippen LogP) is -0.568. The highest BCUT2D eigenvalue weighted by Gasteiger charge is 2.30. The topological polar surface area (TPSA) is 44.7 Å². The van der Waals surface area contributed by atoms with Crippen LogP contribution in [0.2, 0.25) is 0 Å². The van der Waals surface area contributed by atoms with Gasteiger partial charge >= 0.3 is 0 Å². The average molecular weight is 200 g/mol. The maximum Gasteiger partial charge on any atom is 0.0753 e. The van der Waals surface area contributed by atoms with Crippen molar-refractivity contribution in [3.8, 4) is 0 Å². The monoisotopic (exact) mass is 200 g/mol. The van der Waals surface area contributed by atoms with Gasteiger partial charge in [0, 0.05) is 32.8 Å². The molecule has 2 fully saturated rings. The summed E-state index contributed by atoms with van der Waals surface area (Å²) >= 11 is 0. The fourth-order valence-electron chi connectivity index (χ4n) is 2.39. The van der Waals surface area contributed by atoms with Gasteiger partial charge in [-0.1, -0.05) is 0 Å². The van der Waals surface area contributed by atoms with E-state index in [4.69, 9.17) is 4.74 Å². The summed E-state index contributed by atoms with van der Waals surface area (Å²) in [5.74, 6) is 0. The molecule has 4 heteroatoms. The quantitative estimate of drug-likeness (QED) is 0.640. The fourth-order valence-corrected chi connectivity index (χ4v) is 2.39. The van der Waals surface area contributed by atoms with E-state index >= 15 is 0 Å². The first kappa shape index (κ1) is 10.4. The normalized spacial score (nSPS) is 31.9. The van der Waals surface area contributed by atoms with Gasteiger partial charge in [-0.2, -0.15) is 0 Å². The van der Waals surface area contributed by atoms with E-state index in [0.29, 0.717) is 0 Å². The van der Waals surface area contributed by atoms with Gasteiger partial charge in [-0.25, -0.2) is 0 Å². The second-order valence-corrected chi connectivity index (χ2v) is 4.09. The minimum Gasteiger partial charge on any atom is -0.395 e. The van der Waals surface area contributed by atoms with Crippen LogP contribution < -0.4 is 5.32 Å². The molecule has 82 valence electrons. The van der Waals surface area contributed by atoms with Crippen molar-refractivity contribution < 1.29 is 9.84 Å². The Kier molecular flexibility index (Phi) is 3.75. The lowest BCUT2D eigenvalue weighted by atomic mass is 10.1. The molecule has 0 aromatic heterocycles. The summed E-state index contributed by atoms with van der Waals surface area (Å²) in [6.45, 7) is 5.22. The molecule has 0 aliphatic carbocycles. The van der Waals surface area contributed by atoms with E-state index in [9.17, 15) is 5.11 Å². The van der Waals surface area contributed by atoms with Gasteiger partial charge in [0.25, 0.3) is 0 Å². The molecule has 4 nitrogen and oxygen atoms in total. The molecule has 2 saturated heterocycles. The Morgan fingerprint density at radius 1 is 1.43 bits per heavy atom. The lowest BCUT2D eigenvalue weighted by Crippen LogP contribution is -2.53. The number of aliphatic hydroxyl groups excluding tert-OH is 1. The smallest absolute Gasteiger partial charge is 0.0753 e. The first-order valence-electron chi connectivity index (χ1n) is 5.59. The highest BCUT2D eigenvalue weighted by atomic mass is 16.5. The Hall–Kier alpha value is -0.160. The summed E-state index contributed by atoms with van der Waals surface area (Å²) in [4.78, 5) is 2.35. The van der Waals surface area contributed by atoms with Crippen LogP contribution in [0, 0.1) is 0 Å². The fraction of sp³-hybridized carbons (Fsp3) is 1.00. The van der Waals surface area contributed by atoms with E-state index in [1.165, 1.54) is 0 Å². The molecule has 0 aromatic rings. The van der Waals surface area contributed by atoms with Gasteiger partial charge in [0.1, 0.15) is 0 Å². The molecule has 2 heterocycles. The summed E-state index contributed by atoms with van der Waals surface area (Å²) in [7, 11) is 0. The zero-order valence-electron chi connectivity index (χ0n) is 8.61. The minimum absolute atomic E-state index is 0.222. The van der Waals surface area contributed by atoms with Crippen LogP contribution in [0.4, 0.5) is 0 Å². The minimum atomic E-state index is 0.222. The summed E-state index contributed by atoms with van der Waals surface area (Å²) < 4.78 is 5.64. The van der Waals surface area contributed by atoms with E-state index in [2.05, 4.69) is 10.2 Å². The number of hydrogen-bond acceptors (Lipinski definition) is 4. The molecule has 14 heavy (non-hydrogen) atoms. The van der Waals surface area contributed by atoms with E-state index in [1.807, 2.05) is 0 Å². The Morgan fingerprint density at radius 3 is 2.79 bits per heavy atom. The first-order valence-corrected chi connectivity index (χ1v) is 5.59. The summed E-state index contributed by atoms with van der Waals surface area (Å²) in [6, 6.07) is 0.222. The summed E-state index contributed by atoms with van der Waals surface area (Å²) in [5, 5.41) is 12.7. The average Bonchev–Trinajstić information content (AvgIpc) is 2.74. The number of hydrogen-bond donors (Lipinski definition) is 2. The number of nitrogens with zero attached hydrogens (tertiary/aromatic N) is 1. The Labute approximate surface area is 85.2 Å². The van der Waals surface area contributed by atoms with Crippen molar-refractivity contribution in [1.29, 1.82) is 0 Å². The van der Waals surface area contributed by atoms with Gasteiger partial charge in [-0.15, -0.1) is 0 Å². The zero-order chi connectivity index (χ0) is 9.80. The molecule has 0 aromatic carbocycles. The molecule has 2 rings (SSSR count). The maximum absolute atomic E-state index is 9.40. The van der Waals surface area contributed by atoms with Crippen LogP contribution in [-0.4, -0.2) is 61.5 Å². The number of ether oxygens (including phenoxy) is 1. The largest absolute Gasteiger partial charge is 0.395 e. The van der Waals surface area contributed by atoms with Gasteiger partial charge in [-0.05, 0) is 12.8 Å². The van der Waals surface area contributed by atoms with Crippen molar-refractivity contribution in [2.24, 2.45) is 0 Å². The number of rotatable bonds is 3. The molecule has 0 amide bonds. The van der Waals surface area contributed by atoms with E-state index in [-0.39, 0.29) is 18.8 Å². The number of aliphatic hydroxyl groups is 1. The van der Waals surface area contributed by atoms with Gasteiger partial charge in [0.2, 0.25) is 0 Å². The van der Waals surface area contributed by atoms with Crippen molar-refractivity contribution in [1.82, 2.24) is 10.2 Å². The standard InChI is InChI=1S/C10H20N2O2/c13-8-9(10-2-1-7-14-10)12-5-3-11-4-6-12/h9-11,13H,1-8H2. The third kappa shape index (κ3) is 2.25. The Balaban J connectivity index is 1.89. The molecule has 2 aliphatic rings. The lowest BCUT2D eigenvalue weighted by Gasteiger charge is -2.36. The van der Waals surface area contributed by atoms with Gasteiger partial charge in [0.05, 0.1) is 18.8 Å². The van der Waals surface area contributed by atoms with Crippen LogP contribution in [0.25, 0.3) is 0 Å². The van der Waals surface area contributed by atoms with Gasteiger partial charge in [0.15, 0.2) is 0 Å². The van der Waals surface area contributed by atoms with Crippen molar-refractivity contribution in [2.75, 3.05) is 39.4 Å². The Morgan fingerprint density at radius 2 is 2.21 bits per heavy atom. The van der Waals surface area contributed by atoms with E-state index in [0.717, 1.165) is 45.6 Å². The summed E-state index contributed by atoms with van der Waals surface area (Å²) in [6.07, 6.45) is 2.51. The molecule has 0 spiro atoms. The number of nitrogens with one attached hydrogen (secondary N) is 1. The Bertz CT molecular complexity index is 166. The maximum atomic E-state index is 9.40. The SMILES string of the molecule is OCC(C1CCCO1)N1CCNCC1. The first-order chi connectivity index (χ1) is 6.92. The van der Waals surface area contributed by atoms with Crippen LogP contribution in [0.5, 0.6) is 0 Å². The van der Waals surface area contributed by atoms with Gasteiger partial charge in [-0.3, -0.25) is 4.90 Å². The van der Waals surface area contributed by atoms with Crippen LogP contribution in [-0.2, 0) is 4.74 Å². The molecule has 2 aliphatic heterocycles. The number of piperazine rings is 1. The molecule has 0 bridgehead atoms. The van der Waals surface area contributed by atoms with E-state index < -0.39 is 0 Å². The van der Waals surface area contributed by atoms with Crippen LogP contribution >= 0.6 is 0 Å². The third-order valence-electron chi connectivity index (χ3n) is 3.20. The van der Waals surface area contributed by atoms with Crippen molar-refractivity contribution >= 4 is 0 Å². The highest BCUT2D eigenvalue weighted by molar-refractivity contribution is 4.84. The highest BCUT2D eigenvalue weighted by Crippen LogP contribution is 2.19. The lowest BCUT2D eigenvalue weighted by molar-refractivity contribution is -0.00618.